The van der Waals surface area contributed by atoms with Gasteiger partial charge >= 0.3 is 0 Å². The highest BCUT2D eigenvalue weighted by Crippen LogP contribution is 2.62. The van der Waals surface area contributed by atoms with Gasteiger partial charge < -0.3 is 24.4 Å². The molecule has 1 saturated heterocycles. The second-order valence-corrected chi connectivity index (χ2v) is 11.1. The molecule has 4 aliphatic rings. The summed E-state index contributed by atoms with van der Waals surface area (Å²) in [6, 6.07) is 25.6. The summed E-state index contributed by atoms with van der Waals surface area (Å²) in [5.41, 5.74) is 2.47. The number of ether oxygens (including phenoxy) is 3. The summed E-state index contributed by atoms with van der Waals surface area (Å²) < 4.78 is 16.5. The van der Waals surface area contributed by atoms with Crippen molar-refractivity contribution in [2.75, 3.05) is 19.2 Å². The number of amides is 1. The molecule has 4 aliphatic heterocycles. The van der Waals surface area contributed by atoms with Crippen LogP contribution in [0.25, 0.3) is 6.08 Å². The molecule has 1 fully saturated rings. The predicted octanol–water partition coefficient (Wildman–Crippen LogP) is 5.41. The van der Waals surface area contributed by atoms with Gasteiger partial charge in [0.05, 0.1) is 19.1 Å². The third-order valence-electron chi connectivity index (χ3n) is 9.13. The molecule has 0 aromatic heterocycles. The minimum Gasteiger partial charge on any atom is -0.497 e. The molecule has 8 rings (SSSR count). The number of hydrogen-bond acceptors (Lipinski definition) is 7. The summed E-state index contributed by atoms with van der Waals surface area (Å²) in [6.45, 7) is 0.0706. The van der Waals surface area contributed by atoms with Gasteiger partial charge in [-0.2, -0.15) is 0 Å². The molecule has 8 heteroatoms. The molecule has 212 valence electrons. The Morgan fingerprint density at radius 2 is 1.67 bits per heavy atom. The summed E-state index contributed by atoms with van der Waals surface area (Å²) in [5, 5.41) is 3.07. The van der Waals surface area contributed by atoms with Crippen LogP contribution in [0.5, 0.6) is 17.2 Å². The lowest BCUT2D eigenvalue weighted by Gasteiger charge is -2.38. The summed E-state index contributed by atoms with van der Waals surface area (Å²) >= 11 is 0. The Hall–Kier alpha value is -5.37. The number of fused-ring (bicyclic) bond motifs is 7. The number of hydrogen-bond donors (Lipinski definition) is 1. The first-order valence-corrected chi connectivity index (χ1v) is 14.1. The molecule has 0 unspecified atom stereocenters. The molecule has 4 aromatic carbocycles. The van der Waals surface area contributed by atoms with Crippen LogP contribution in [0.15, 0.2) is 97.2 Å². The van der Waals surface area contributed by atoms with E-state index in [2.05, 4.69) is 5.32 Å². The van der Waals surface area contributed by atoms with Gasteiger partial charge in [0.1, 0.15) is 17.2 Å². The molecule has 8 nitrogen and oxygen atoms in total. The minimum atomic E-state index is -1.41. The number of nitrogens with zero attached hydrogens (tertiary/aromatic N) is 1. The Morgan fingerprint density at radius 3 is 2.56 bits per heavy atom. The smallest absolute Gasteiger partial charge is 0.238 e. The van der Waals surface area contributed by atoms with Gasteiger partial charge in [-0.1, -0.05) is 54.6 Å². The Labute approximate surface area is 247 Å². The number of rotatable bonds is 5. The SMILES string of the molecule is COc1cccc(C(=O)[C@@H]2[C@H](C(=O)c3ccc4c(c3)OCO4)N3C=Cc4ccccc4[C@H]3[C@@]23C(=O)Nc2ccccc23)c1. The number of carbonyl (C=O) groups excluding carboxylic acids is 3. The summed E-state index contributed by atoms with van der Waals surface area (Å²) in [5.74, 6) is -0.465. The molecule has 43 heavy (non-hydrogen) atoms. The van der Waals surface area contributed by atoms with E-state index in [-0.39, 0.29) is 24.3 Å². The maximum absolute atomic E-state index is 14.9. The van der Waals surface area contributed by atoms with Gasteiger partial charge in [0.2, 0.25) is 12.7 Å². The topological polar surface area (TPSA) is 94.2 Å². The van der Waals surface area contributed by atoms with E-state index in [1.807, 2.05) is 65.7 Å². The first-order chi connectivity index (χ1) is 21.0. The Morgan fingerprint density at radius 1 is 0.884 bits per heavy atom. The highest BCUT2D eigenvalue weighted by Gasteiger charge is 2.70. The fourth-order valence-electron chi connectivity index (χ4n) is 7.34. The lowest BCUT2D eigenvalue weighted by molar-refractivity contribution is -0.122. The lowest BCUT2D eigenvalue weighted by Crippen LogP contribution is -2.49. The Balaban J connectivity index is 1.40. The normalized spacial score (nSPS) is 23.9. The van der Waals surface area contributed by atoms with Crippen LogP contribution >= 0.6 is 0 Å². The molecule has 1 amide bonds. The van der Waals surface area contributed by atoms with Gasteiger partial charge in [0.15, 0.2) is 23.1 Å². The van der Waals surface area contributed by atoms with Crippen LogP contribution in [-0.4, -0.2) is 42.3 Å². The molecule has 0 saturated carbocycles. The quantitative estimate of drug-likeness (QED) is 0.321. The Bertz CT molecular complexity index is 1880. The molecular formula is C35H26N2O6. The molecule has 0 radical (unpaired) electrons. The maximum atomic E-state index is 14.9. The van der Waals surface area contributed by atoms with Crippen LogP contribution in [0.1, 0.15) is 43.4 Å². The van der Waals surface area contributed by atoms with Crippen LogP contribution in [0.3, 0.4) is 0 Å². The monoisotopic (exact) mass is 570 g/mol. The van der Waals surface area contributed by atoms with Crippen molar-refractivity contribution in [2.24, 2.45) is 5.92 Å². The van der Waals surface area contributed by atoms with E-state index < -0.39 is 23.4 Å². The van der Waals surface area contributed by atoms with Crippen molar-refractivity contribution < 1.29 is 28.6 Å². The van der Waals surface area contributed by atoms with Crippen molar-refractivity contribution in [1.29, 1.82) is 0 Å². The second-order valence-electron chi connectivity index (χ2n) is 11.1. The van der Waals surface area contributed by atoms with Gasteiger partial charge in [-0.3, -0.25) is 14.4 Å². The lowest BCUT2D eigenvalue weighted by atomic mass is 9.62. The zero-order valence-electron chi connectivity index (χ0n) is 23.2. The van der Waals surface area contributed by atoms with E-state index in [0.717, 1.165) is 11.1 Å². The van der Waals surface area contributed by atoms with Crippen molar-refractivity contribution in [3.63, 3.8) is 0 Å². The predicted molar refractivity (Wildman–Crippen MR) is 158 cm³/mol. The van der Waals surface area contributed by atoms with E-state index >= 15 is 0 Å². The average molecular weight is 571 g/mol. The van der Waals surface area contributed by atoms with E-state index in [1.54, 1.807) is 42.5 Å². The third-order valence-corrected chi connectivity index (χ3v) is 9.13. The molecule has 0 bridgehead atoms. The van der Waals surface area contributed by atoms with Crippen molar-refractivity contribution in [2.45, 2.75) is 17.5 Å². The molecular weight excluding hydrogens is 544 g/mol. The van der Waals surface area contributed by atoms with E-state index in [0.29, 0.717) is 39.6 Å². The van der Waals surface area contributed by atoms with E-state index in [9.17, 15) is 14.4 Å². The molecule has 1 spiro atoms. The van der Waals surface area contributed by atoms with Gasteiger partial charge in [-0.05, 0) is 59.2 Å². The third kappa shape index (κ3) is 3.46. The van der Waals surface area contributed by atoms with Crippen LogP contribution in [0.4, 0.5) is 5.69 Å². The highest BCUT2D eigenvalue weighted by molar-refractivity contribution is 6.16. The number of nitrogens with one attached hydrogen (secondary N) is 1. The van der Waals surface area contributed by atoms with Gasteiger partial charge in [0, 0.05) is 23.0 Å². The van der Waals surface area contributed by atoms with Crippen molar-refractivity contribution >= 4 is 29.2 Å². The number of anilines is 1. The van der Waals surface area contributed by atoms with E-state index in [1.165, 1.54) is 7.11 Å². The Kier molecular flexibility index (Phi) is 5.50. The number of ketones is 2. The number of para-hydroxylation sites is 1. The number of carbonyl (C=O) groups is 3. The first-order valence-electron chi connectivity index (χ1n) is 14.1. The zero-order valence-corrected chi connectivity index (χ0v) is 23.2. The fraction of sp³-hybridized carbons (Fsp3) is 0.171. The van der Waals surface area contributed by atoms with Crippen LogP contribution in [0.2, 0.25) is 0 Å². The molecule has 4 atom stereocenters. The van der Waals surface area contributed by atoms with Crippen molar-refractivity contribution in [3.8, 4) is 17.2 Å². The first kappa shape index (κ1) is 25.3. The van der Waals surface area contributed by atoms with Crippen molar-refractivity contribution in [3.05, 3.63) is 125 Å². The zero-order chi connectivity index (χ0) is 29.3. The summed E-state index contributed by atoms with van der Waals surface area (Å²) in [7, 11) is 1.54. The standard InChI is InChI=1S/C35H26N2O6/c1-41-23-9-6-8-21(17-23)31(38)29-30(32(39)22-13-14-27-28(18-22)43-19-42-27)37-16-15-20-7-2-3-10-24(20)33(37)35(29)25-11-4-5-12-26(25)36-34(35)40/h2-18,29-30,33H,19H2,1H3,(H,36,40)/t29-,30+,33-,35-/m0/s1. The highest BCUT2D eigenvalue weighted by atomic mass is 16.7. The summed E-state index contributed by atoms with van der Waals surface area (Å²) in [4.78, 5) is 46.2. The number of Topliss-reactive ketones (excluding diaryl/α,β-unsaturated/α-hetero) is 2. The molecule has 1 N–H and O–H groups in total. The number of methoxy groups -OCH3 is 1. The maximum Gasteiger partial charge on any atom is 0.238 e. The summed E-state index contributed by atoms with van der Waals surface area (Å²) in [6.07, 6.45) is 3.80. The minimum absolute atomic E-state index is 0.0706. The van der Waals surface area contributed by atoms with Gasteiger partial charge in [-0.15, -0.1) is 0 Å². The van der Waals surface area contributed by atoms with Gasteiger partial charge in [-0.25, -0.2) is 0 Å². The molecule has 4 aromatic rings. The van der Waals surface area contributed by atoms with Crippen LogP contribution in [0, 0.1) is 5.92 Å². The van der Waals surface area contributed by atoms with Crippen LogP contribution in [-0.2, 0) is 10.2 Å². The van der Waals surface area contributed by atoms with Crippen LogP contribution < -0.4 is 19.5 Å². The second kappa shape index (κ2) is 9.32. The average Bonchev–Trinajstić information content (AvgIpc) is 3.73. The molecule has 0 aliphatic carbocycles. The van der Waals surface area contributed by atoms with E-state index in [4.69, 9.17) is 14.2 Å². The molecule has 4 heterocycles. The van der Waals surface area contributed by atoms with Crippen molar-refractivity contribution in [1.82, 2.24) is 4.90 Å². The fourth-order valence-corrected chi connectivity index (χ4v) is 7.34. The largest absolute Gasteiger partial charge is 0.497 e. The number of benzene rings is 4. The van der Waals surface area contributed by atoms with Gasteiger partial charge in [0.25, 0.3) is 0 Å².